The number of anilines is 1. The highest BCUT2D eigenvalue weighted by Gasteiger charge is 2.22. The van der Waals surface area contributed by atoms with Crippen molar-refractivity contribution in [2.24, 2.45) is 11.7 Å². The Morgan fingerprint density at radius 1 is 1.00 bits per heavy atom. The summed E-state index contributed by atoms with van der Waals surface area (Å²) < 4.78 is 0. The predicted octanol–water partition coefficient (Wildman–Crippen LogP) is 4.59. The molecule has 0 spiro atoms. The lowest BCUT2D eigenvalue weighted by Gasteiger charge is -2.37. The number of piperazine rings is 1. The molecule has 0 aromatic carbocycles. The van der Waals surface area contributed by atoms with E-state index in [0.29, 0.717) is 6.04 Å². The summed E-state index contributed by atoms with van der Waals surface area (Å²) in [4.78, 5) is 10.8. The molecule has 4 nitrogen and oxygen atoms in total. The van der Waals surface area contributed by atoms with Crippen LogP contribution in [-0.2, 0) is 0 Å². The summed E-state index contributed by atoms with van der Waals surface area (Å²) in [6.45, 7) is 5.88. The van der Waals surface area contributed by atoms with Gasteiger partial charge < -0.3 is 10.6 Å². The van der Waals surface area contributed by atoms with E-state index in [1.54, 1.807) is 11.3 Å². The summed E-state index contributed by atoms with van der Waals surface area (Å²) in [5.41, 5.74) is 7.38. The maximum atomic E-state index is 6.02. The largest absolute Gasteiger partial charge is 0.368 e. The van der Waals surface area contributed by atoms with Crippen molar-refractivity contribution in [3.63, 3.8) is 0 Å². The van der Waals surface area contributed by atoms with Crippen molar-refractivity contribution < 1.29 is 0 Å². The highest BCUT2D eigenvalue weighted by atomic mass is 35.5. The number of aromatic nitrogens is 1. The zero-order valence-corrected chi connectivity index (χ0v) is 18.9. The van der Waals surface area contributed by atoms with E-state index in [9.17, 15) is 0 Å². The highest BCUT2D eigenvalue weighted by molar-refractivity contribution is 7.16. The normalized spacial score (nSPS) is 23.2. The second-order valence-corrected chi connectivity index (χ2v) is 8.26. The lowest BCUT2D eigenvalue weighted by Crippen LogP contribution is -2.47. The van der Waals surface area contributed by atoms with Gasteiger partial charge in [-0.2, -0.15) is 0 Å². The molecule has 1 saturated heterocycles. The van der Waals surface area contributed by atoms with Crippen molar-refractivity contribution in [2.75, 3.05) is 37.6 Å². The van der Waals surface area contributed by atoms with Crippen LogP contribution in [0.1, 0.15) is 32.1 Å². The predicted molar refractivity (Wildman–Crippen MR) is 125 cm³/mol. The van der Waals surface area contributed by atoms with Crippen molar-refractivity contribution in [1.29, 1.82) is 0 Å². The molecule has 2 aliphatic rings. The van der Waals surface area contributed by atoms with Crippen molar-refractivity contribution in [2.45, 2.75) is 38.1 Å². The Kier molecular flexibility index (Phi) is 10.7. The van der Waals surface area contributed by atoms with Gasteiger partial charge in [-0.1, -0.05) is 0 Å². The van der Waals surface area contributed by atoms with Gasteiger partial charge in [-0.15, -0.1) is 48.6 Å². The number of halogens is 3. The lowest BCUT2D eigenvalue weighted by atomic mass is 9.84. The van der Waals surface area contributed by atoms with E-state index in [-0.39, 0.29) is 37.2 Å². The fourth-order valence-electron chi connectivity index (χ4n) is 4.19. The number of thiophene rings is 1. The fourth-order valence-corrected chi connectivity index (χ4v) is 4.95. The fraction of sp³-hybridized carbons (Fsp3) is 0.632. The highest BCUT2D eigenvalue weighted by Crippen LogP contribution is 2.30. The maximum Gasteiger partial charge on any atom is 0.125 e. The SMILES string of the molecule is Cl.Cl.Cl.N[C@H]1CC[C@H](CCN2CCN(c3ccnc4sccc34)CC2)CC1. The number of hydrogen-bond donors (Lipinski definition) is 1. The van der Waals surface area contributed by atoms with E-state index >= 15 is 0 Å². The van der Waals surface area contributed by atoms with Crippen LogP contribution in [0.4, 0.5) is 5.69 Å². The summed E-state index contributed by atoms with van der Waals surface area (Å²) in [7, 11) is 0. The van der Waals surface area contributed by atoms with Gasteiger partial charge in [0.05, 0.1) is 0 Å². The van der Waals surface area contributed by atoms with Crippen molar-refractivity contribution in [3.05, 3.63) is 23.7 Å². The van der Waals surface area contributed by atoms with Crippen LogP contribution < -0.4 is 10.6 Å². The topological polar surface area (TPSA) is 45.4 Å². The van der Waals surface area contributed by atoms with Crippen LogP contribution in [0.5, 0.6) is 0 Å². The van der Waals surface area contributed by atoms with Gasteiger partial charge in [0.1, 0.15) is 4.83 Å². The van der Waals surface area contributed by atoms with Gasteiger partial charge in [-0.05, 0) is 62.1 Å². The number of nitrogens with zero attached hydrogens (tertiary/aromatic N) is 3. The first-order valence-corrected chi connectivity index (χ1v) is 10.2. The van der Waals surface area contributed by atoms with E-state index < -0.39 is 0 Å². The smallest absolute Gasteiger partial charge is 0.125 e. The Labute approximate surface area is 185 Å². The first kappa shape index (κ1) is 24.7. The molecule has 3 heterocycles. The number of rotatable bonds is 4. The monoisotopic (exact) mass is 452 g/mol. The molecule has 2 N–H and O–H groups in total. The average molecular weight is 454 g/mol. The van der Waals surface area contributed by atoms with Gasteiger partial charge in [-0.25, -0.2) is 4.98 Å². The third-order valence-corrected chi connectivity index (χ3v) is 6.62. The Hall–Kier alpha value is -0.300. The molecule has 4 rings (SSSR count). The van der Waals surface area contributed by atoms with Crippen LogP contribution in [0.15, 0.2) is 23.7 Å². The number of nitrogens with two attached hydrogens (primary N) is 1. The molecule has 2 aromatic rings. The van der Waals surface area contributed by atoms with Gasteiger partial charge in [0.15, 0.2) is 0 Å². The van der Waals surface area contributed by atoms with Crippen LogP contribution in [0.3, 0.4) is 0 Å². The zero-order chi connectivity index (χ0) is 16.4. The Bertz CT molecular complexity index is 668. The van der Waals surface area contributed by atoms with E-state index in [4.69, 9.17) is 5.73 Å². The van der Waals surface area contributed by atoms with Crippen LogP contribution >= 0.6 is 48.6 Å². The van der Waals surface area contributed by atoms with Crippen LogP contribution in [0.2, 0.25) is 0 Å². The molecule has 0 amide bonds. The minimum atomic E-state index is 0. The van der Waals surface area contributed by atoms with Crippen molar-refractivity contribution in [3.8, 4) is 0 Å². The first-order valence-electron chi connectivity index (χ1n) is 9.34. The molecule has 0 bridgehead atoms. The van der Waals surface area contributed by atoms with Gasteiger partial charge >= 0.3 is 0 Å². The van der Waals surface area contributed by atoms with E-state index in [1.165, 1.54) is 62.8 Å². The van der Waals surface area contributed by atoms with Gasteiger partial charge in [-0.3, -0.25) is 4.90 Å². The summed E-state index contributed by atoms with van der Waals surface area (Å²) in [5, 5.41) is 3.46. The third kappa shape index (κ3) is 6.09. The number of hydrogen-bond acceptors (Lipinski definition) is 5. The van der Waals surface area contributed by atoms with E-state index in [2.05, 4.69) is 32.3 Å². The van der Waals surface area contributed by atoms with Gasteiger partial charge in [0, 0.05) is 49.5 Å². The molecule has 0 atom stereocenters. The Balaban J connectivity index is 0.00000121. The van der Waals surface area contributed by atoms with Crippen LogP contribution in [0, 0.1) is 5.92 Å². The summed E-state index contributed by atoms with van der Waals surface area (Å²) in [6, 6.07) is 4.86. The van der Waals surface area contributed by atoms with Crippen LogP contribution in [-0.4, -0.2) is 48.6 Å². The second-order valence-electron chi connectivity index (χ2n) is 7.37. The minimum Gasteiger partial charge on any atom is -0.368 e. The molecule has 154 valence electrons. The average Bonchev–Trinajstić information content (AvgIpc) is 3.10. The van der Waals surface area contributed by atoms with Gasteiger partial charge in [0.25, 0.3) is 0 Å². The molecular formula is C19H31Cl3N4S. The maximum absolute atomic E-state index is 6.02. The zero-order valence-electron chi connectivity index (χ0n) is 15.6. The van der Waals surface area contributed by atoms with Crippen molar-refractivity contribution >= 4 is 64.5 Å². The Morgan fingerprint density at radius 3 is 2.41 bits per heavy atom. The standard InChI is InChI=1S/C19H28N4S.3ClH/c20-16-3-1-15(2-4-16)6-9-22-10-12-23(13-11-22)18-5-8-21-19-17(18)7-14-24-19;;;/h5,7-8,14-16H,1-4,6,9-13,20H2;3*1H/t15-,16-;;;. The Morgan fingerprint density at radius 2 is 1.70 bits per heavy atom. The first-order chi connectivity index (χ1) is 11.8. The summed E-state index contributed by atoms with van der Waals surface area (Å²) in [5.74, 6) is 0.911. The second kappa shape index (κ2) is 11.6. The molecular weight excluding hydrogens is 423 g/mol. The lowest BCUT2D eigenvalue weighted by molar-refractivity contribution is 0.217. The van der Waals surface area contributed by atoms with E-state index in [1.807, 2.05) is 6.20 Å². The molecule has 2 aromatic heterocycles. The van der Waals surface area contributed by atoms with E-state index in [0.717, 1.165) is 23.8 Å². The van der Waals surface area contributed by atoms with Crippen LogP contribution in [0.25, 0.3) is 10.2 Å². The third-order valence-electron chi connectivity index (χ3n) is 5.80. The molecule has 1 aliphatic heterocycles. The molecule has 1 saturated carbocycles. The molecule has 0 unspecified atom stereocenters. The molecule has 2 fully saturated rings. The number of fused-ring (bicyclic) bond motifs is 1. The molecule has 0 radical (unpaired) electrons. The number of pyridine rings is 1. The van der Waals surface area contributed by atoms with Gasteiger partial charge in [0.2, 0.25) is 0 Å². The molecule has 8 heteroatoms. The summed E-state index contributed by atoms with van der Waals surface area (Å²) in [6.07, 6.45) is 8.46. The quantitative estimate of drug-likeness (QED) is 0.735. The summed E-state index contributed by atoms with van der Waals surface area (Å²) >= 11 is 1.73. The molecule has 1 aliphatic carbocycles. The minimum absolute atomic E-state index is 0. The molecule has 27 heavy (non-hydrogen) atoms. The van der Waals surface area contributed by atoms with Crippen molar-refractivity contribution in [1.82, 2.24) is 9.88 Å².